The summed E-state index contributed by atoms with van der Waals surface area (Å²) < 4.78 is 0. The fourth-order valence-electron chi connectivity index (χ4n) is 3.42. The molecule has 1 atom stereocenters. The molecule has 136 valence electrons. The topological polar surface area (TPSA) is 28.2 Å². The third-order valence-corrected chi connectivity index (χ3v) is 4.97. The number of nitrogens with one attached hydrogen (secondary N) is 1. The lowest BCUT2D eigenvalue weighted by molar-refractivity contribution is 0.215. The van der Waals surface area contributed by atoms with Gasteiger partial charge < -0.3 is 10.2 Å². The van der Waals surface area contributed by atoms with E-state index >= 15 is 0 Å². The summed E-state index contributed by atoms with van der Waals surface area (Å²) in [5, 5.41) is 3.48. The maximum Gasteiger partial charge on any atom is 0.0416 e. The Morgan fingerprint density at radius 1 is 1.12 bits per heavy atom. The lowest BCUT2D eigenvalue weighted by atomic mass is 9.98. The first kappa shape index (κ1) is 19.4. The van der Waals surface area contributed by atoms with Crippen LogP contribution in [0.4, 0.5) is 0 Å². The molecule has 3 nitrogen and oxygen atoms in total. The van der Waals surface area contributed by atoms with Gasteiger partial charge in [-0.1, -0.05) is 33.3 Å². The van der Waals surface area contributed by atoms with Gasteiger partial charge in [-0.25, -0.2) is 0 Å². The summed E-state index contributed by atoms with van der Waals surface area (Å²) in [6.45, 7) is 12.9. The zero-order chi connectivity index (χ0) is 17.2. The van der Waals surface area contributed by atoms with Crippen LogP contribution in [-0.2, 0) is 12.8 Å². The summed E-state index contributed by atoms with van der Waals surface area (Å²) in [4.78, 5) is 7.29. The monoisotopic (exact) mass is 331 g/mol. The molecule has 24 heavy (non-hydrogen) atoms. The molecule has 0 spiro atoms. The average molecular weight is 332 g/mol. The van der Waals surface area contributed by atoms with Gasteiger partial charge in [0.25, 0.3) is 0 Å². The van der Waals surface area contributed by atoms with Gasteiger partial charge in [-0.3, -0.25) is 4.98 Å². The molecule has 1 aliphatic heterocycles. The molecule has 2 rings (SSSR count). The standard InChI is InChI=1S/C21H37N3/c1-18(2)16-22-11-9-21-8-7-20(17-23-21)15-19(3)10-14-24-12-5-4-6-13-24/h7-8,17-19,22H,4-6,9-16H2,1-3H3/t19-/m1/s1. The third-order valence-electron chi connectivity index (χ3n) is 4.97. The molecule has 1 fully saturated rings. The second-order valence-electron chi connectivity index (χ2n) is 8.01. The van der Waals surface area contributed by atoms with Gasteiger partial charge in [0, 0.05) is 24.9 Å². The highest BCUT2D eigenvalue weighted by atomic mass is 15.1. The van der Waals surface area contributed by atoms with Gasteiger partial charge in [-0.05, 0) is 75.3 Å². The normalized spacial score (nSPS) is 17.3. The van der Waals surface area contributed by atoms with Crippen molar-refractivity contribution >= 4 is 0 Å². The van der Waals surface area contributed by atoms with Crippen molar-refractivity contribution in [3.05, 3.63) is 29.6 Å². The molecule has 1 N–H and O–H groups in total. The number of likely N-dealkylation sites (tertiary alicyclic amines) is 1. The zero-order valence-corrected chi connectivity index (χ0v) is 16.1. The second-order valence-corrected chi connectivity index (χ2v) is 8.01. The Kier molecular flexibility index (Phi) is 8.76. The molecule has 0 unspecified atom stereocenters. The van der Waals surface area contributed by atoms with Gasteiger partial charge in [0.1, 0.15) is 0 Å². The van der Waals surface area contributed by atoms with Gasteiger partial charge in [-0.15, -0.1) is 0 Å². The number of piperidine rings is 1. The van der Waals surface area contributed by atoms with Crippen LogP contribution >= 0.6 is 0 Å². The number of rotatable bonds is 10. The Labute approximate surface area is 149 Å². The van der Waals surface area contributed by atoms with Crippen molar-refractivity contribution < 1.29 is 0 Å². The van der Waals surface area contributed by atoms with Gasteiger partial charge in [-0.2, -0.15) is 0 Å². The minimum absolute atomic E-state index is 0.715. The van der Waals surface area contributed by atoms with E-state index in [-0.39, 0.29) is 0 Å². The molecule has 2 heterocycles. The van der Waals surface area contributed by atoms with Crippen LogP contribution in [0.15, 0.2) is 18.3 Å². The molecule has 3 heteroatoms. The van der Waals surface area contributed by atoms with E-state index < -0.39 is 0 Å². The van der Waals surface area contributed by atoms with Crippen molar-refractivity contribution in [3.8, 4) is 0 Å². The minimum atomic E-state index is 0.715. The fraction of sp³-hybridized carbons (Fsp3) is 0.762. The van der Waals surface area contributed by atoms with E-state index in [1.54, 1.807) is 0 Å². The highest BCUT2D eigenvalue weighted by molar-refractivity contribution is 5.15. The molecule has 0 radical (unpaired) electrons. The van der Waals surface area contributed by atoms with Crippen LogP contribution in [-0.4, -0.2) is 42.6 Å². The van der Waals surface area contributed by atoms with Crippen molar-refractivity contribution in [3.63, 3.8) is 0 Å². The van der Waals surface area contributed by atoms with Crippen molar-refractivity contribution in [2.45, 2.75) is 59.3 Å². The Morgan fingerprint density at radius 2 is 1.92 bits per heavy atom. The van der Waals surface area contributed by atoms with Crippen LogP contribution in [0.25, 0.3) is 0 Å². The summed E-state index contributed by atoms with van der Waals surface area (Å²) in [7, 11) is 0. The van der Waals surface area contributed by atoms with E-state index in [1.165, 1.54) is 56.6 Å². The summed E-state index contributed by atoms with van der Waals surface area (Å²) in [6, 6.07) is 4.49. The van der Waals surface area contributed by atoms with Crippen LogP contribution in [0.5, 0.6) is 0 Å². The first-order chi connectivity index (χ1) is 11.6. The Hall–Kier alpha value is -0.930. The summed E-state index contributed by atoms with van der Waals surface area (Å²) in [5.74, 6) is 1.46. The lowest BCUT2D eigenvalue weighted by Crippen LogP contribution is -2.31. The Balaban J connectivity index is 1.64. The number of hydrogen-bond acceptors (Lipinski definition) is 3. The van der Waals surface area contributed by atoms with Crippen molar-refractivity contribution in [2.24, 2.45) is 11.8 Å². The minimum Gasteiger partial charge on any atom is -0.316 e. The van der Waals surface area contributed by atoms with Gasteiger partial charge in [0.05, 0.1) is 0 Å². The first-order valence-corrected chi connectivity index (χ1v) is 10.0. The third kappa shape index (κ3) is 7.76. The number of aromatic nitrogens is 1. The van der Waals surface area contributed by atoms with E-state index in [4.69, 9.17) is 0 Å². The molecule has 0 aromatic carbocycles. The first-order valence-electron chi connectivity index (χ1n) is 10.0. The van der Waals surface area contributed by atoms with Gasteiger partial charge in [0.15, 0.2) is 0 Å². The number of pyridine rings is 1. The largest absolute Gasteiger partial charge is 0.316 e. The molecule has 0 bridgehead atoms. The molecule has 0 saturated carbocycles. The van der Waals surface area contributed by atoms with Crippen LogP contribution in [0.3, 0.4) is 0 Å². The van der Waals surface area contributed by atoms with E-state index in [1.807, 2.05) is 0 Å². The van der Waals surface area contributed by atoms with Crippen LogP contribution in [0.1, 0.15) is 57.7 Å². The Bertz CT molecular complexity index is 435. The quantitative estimate of drug-likeness (QED) is 0.659. The predicted octanol–water partition coefficient (Wildman–Crippen LogP) is 3.92. The predicted molar refractivity (Wildman–Crippen MR) is 103 cm³/mol. The van der Waals surface area contributed by atoms with E-state index in [0.29, 0.717) is 5.92 Å². The highest BCUT2D eigenvalue weighted by Gasteiger charge is 2.12. The lowest BCUT2D eigenvalue weighted by Gasteiger charge is -2.27. The molecule has 0 aliphatic carbocycles. The van der Waals surface area contributed by atoms with E-state index in [2.05, 4.69) is 54.3 Å². The van der Waals surface area contributed by atoms with Crippen molar-refractivity contribution in [1.82, 2.24) is 15.2 Å². The van der Waals surface area contributed by atoms with Crippen LogP contribution < -0.4 is 5.32 Å². The zero-order valence-electron chi connectivity index (χ0n) is 16.1. The molecular weight excluding hydrogens is 294 g/mol. The SMILES string of the molecule is CC(C)CNCCc1ccc(C[C@H](C)CCN2CCCCC2)cn1. The maximum absolute atomic E-state index is 4.65. The molecule has 1 aliphatic rings. The van der Waals surface area contributed by atoms with Crippen LogP contribution in [0.2, 0.25) is 0 Å². The second kappa shape index (κ2) is 10.8. The summed E-state index contributed by atoms with van der Waals surface area (Å²) in [5.41, 5.74) is 2.59. The maximum atomic E-state index is 4.65. The average Bonchev–Trinajstić information content (AvgIpc) is 2.59. The Morgan fingerprint density at radius 3 is 2.58 bits per heavy atom. The molecule has 0 amide bonds. The molecule has 1 aromatic rings. The van der Waals surface area contributed by atoms with Crippen molar-refractivity contribution in [1.29, 1.82) is 0 Å². The molecule has 1 saturated heterocycles. The smallest absolute Gasteiger partial charge is 0.0416 e. The van der Waals surface area contributed by atoms with E-state index in [0.717, 1.165) is 31.8 Å². The van der Waals surface area contributed by atoms with Gasteiger partial charge >= 0.3 is 0 Å². The van der Waals surface area contributed by atoms with E-state index in [9.17, 15) is 0 Å². The highest BCUT2D eigenvalue weighted by Crippen LogP contribution is 2.15. The fourth-order valence-corrected chi connectivity index (χ4v) is 3.42. The molecular formula is C21H37N3. The number of hydrogen-bond donors (Lipinski definition) is 1. The van der Waals surface area contributed by atoms with Crippen LogP contribution in [0, 0.1) is 11.8 Å². The van der Waals surface area contributed by atoms with Crippen molar-refractivity contribution in [2.75, 3.05) is 32.7 Å². The summed E-state index contributed by atoms with van der Waals surface area (Å²) in [6.07, 6.45) is 9.80. The summed E-state index contributed by atoms with van der Waals surface area (Å²) >= 11 is 0. The number of nitrogens with zero attached hydrogens (tertiary/aromatic N) is 2. The van der Waals surface area contributed by atoms with Gasteiger partial charge in [0.2, 0.25) is 0 Å². The molecule has 1 aromatic heterocycles.